The molecule has 0 aromatic heterocycles. The summed E-state index contributed by atoms with van der Waals surface area (Å²) in [5.74, 6) is -0.0337. The van der Waals surface area contributed by atoms with E-state index in [0.717, 1.165) is 12.6 Å². The molecule has 2 heterocycles. The van der Waals surface area contributed by atoms with Crippen molar-refractivity contribution in [1.82, 2.24) is 4.90 Å². The zero-order valence-electron chi connectivity index (χ0n) is 13.1. The van der Waals surface area contributed by atoms with Gasteiger partial charge < -0.3 is 14.7 Å². The van der Waals surface area contributed by atoms with E-state index in [9.17, 15) is 20.0 Å². The van der Waals surface area contributed by atoms with Crippen LogP contribution in [0.25, 0.3) is 0 Å². The summed E-state index contributed by atoms with van der Waals surface area (Å²) in [5, 5.41) is 21.8. The van der Waals surface area contributed by atoms with Gasteiger partial charge in [0.1, 0.15) is 0 Å². The average Bonchev–Trinajstić information content (AvgIpc) is 2.89. The molecule has 0 amide bonds. The molecule has 0 radical (unpaired) electrons. The molecule has 1 N–H and O–H groups in total. The molecule has 1 aromatic carbocycles. The summed E-state index contributed by atoms with van der Waals surface area (Å²) in [7, 11) is 2.02. The molecule has 7 heteroatoms. The van der Waals surface area contributed by atoms with E-state index in [0.29, 0.717) is 24.0 Å². The Morgan fingerprint density at radius 2 is 2.29 bits per heavy atom. The van der Waals surface area contributed by atoms with Crippen LogP contribution in [-0.4, -0.2) is 46.5 Å². The monoisotopic (exact) mass is 328 g/mol. The third-order valence-corrected chi connectivity index (χ3v) is 6.30. The van der Waals surface area contributed by atoms with Gasteiger partial charge in [0.15, 0.2) is 23.4 Å². The van der Waals surface area contributed by atoms with Gasteiger partial charge in [-0.1, -0.05) is 6.08 Å². The Balaban J connectivity index is 1.89. The lowest BCUT2D eigenvalue weighted by Crippen LogP contribution is -2.64. The van der Waals surface area contributed by atoms with E-state index in [4.69, 9.17) is 4.74 Å². The summed E-state index contributed by atoms with van der Waals surface area (Å²) in [5.41, 5.74) is 0.656. The molecule has 0 saturated carbocycles. The van der Waals surface area contributed by atoms with Gasteiger partial charge in [0.25, 0.3) is 5.69 Å². The number of ketones is 1. The highest BCUT2D eigenvalue weighted by Gasteiger charge is 2.65. The number of phenols is 1. The Hall–Kier alpha value is -2.41. The first-order valence-corrected chi connectivity index (χ1v) is 8.08. The lowest BCUT2D eigenvalue weighted by atomic mass is 9.53. The number of nitrogens with zero attached hydrogens (tertiary/aromatic N) is 2. The van der Waals surface area contributed by atoms with Gasteiger partial charge >= 0.3 is 0 Å². The number of likely N-dealkylation sites (N-methyl/N-ethyl adjacent to an activating group) is 1. The minimum atomic E-state index is -0.689. The van der Waals surface area contributed by atoms with Crippen molar-refractivity contribution in [3.05, 3.63) is 39.5 Å². The number of hydrogen-bond donors (Lipinski definition) is 1. The second-order valence-corrected chi connectivity index (χ2v) is 7.18. The maximum atomic E-state index is 12.5. The van der Waals surface area contributed by atoms with E-state index in [2.05, 4.69) is 4.90 Å². The number of nitro groups is 1. The summed E-state index contributed by atoms with van der Waals surface area (Å²) in [6.45, 7) is 0.796. The van der Waals surface area contributed by atoms with Gasteiger partial charge in [-0.25, -0.2) is 0 Å². The number of benzene rings is 1. The zero-order chi connectivity index (χ0) is 16.8. The van der Waals surface area contributed by atoms with Crippen LogP contribution in [0.2, 0.25) is 0 Å². The number of likely N-dealkylation sites (tertiary alicyclic amines) is 1. The molecular formula is C17H16N2O5. The van der Waals surface area contributed by atoms with Gasteiger partial charge in [-0.3, -0.25) is 14.9 Å². The minimum absolute atomic E-state index is 0.0640. The Bertz CT molecular complexity index is 848. The largest absolute Gasteiger partial charge is 0.504 e. The Morgan fingerprint density at radius 3 is 3.04 bits per heavy atom. The summed E-state index contributed by atoms with van der Waals surface area (Å²) in [6.07, 6.45) is 4.03. The van der Waals surface area contributed by atoms with Crippen molar-refractivity contribution in [3.63, 3.8) is 0 Å². The van der Waals surface area contributed by atoms with E-state index < -0.39 is 16.4 Å². The number of nitro benzene ring substituents is 1. The molecule has 2 aliphatic carbocycles. The van der Waals surface area contributed by atoms with Crippen LogP contribution in [0.1, 0.15) is 17.5 Å². The van der Waals surface area contributed by atoms with E-state index in [1.807, 2.05) is 13.1 Å². The van der Waals surface area contributed by atoms with Gasteiger partial charge in [0.05, 0.1) is 16.4 Å². The quantitative estimate of drug-likeness (QED) is 0.617. The van der Waals surface area contributed by atoms with E-state index in [-0.39, 0.29) is 34.9 Å². The molecule has 1 saturated heterocycles. The van der Waals surface area contributed by atoms with E-state index in [1.54, 1.807) is 6.08 Å². The second kappa shape index (κ2) is 4.16. The highest BCUT2D eigenvalue weighted by Crippen LogP contribution is 2.63. The zero-order valence-corrected chi connectivity index (χ0v) is 13.1. The smallest absolute Gasteiger partial charge is 0.276 e. The number of hydrogen-bond acceptors (Lipinski definition) is 6. The molecular weight excluding hydrogens is 312 g/mol. The lowest BCUT2D eigenvalue weighted by Gasteiger charge is -2.55. The van der Waals surface area contributed by atoms with E-state index in [1.165, 1.54) is 0 Å². The number of phenolic OH excluding ortho intramolecular Hbond substituents is 1. The predicted molar refractivity (Wildman–Crippen MR) is 83.2 cm³/mol. The van der Waals surface area contributed by atoms with Crippen molar-refractivity contribution in [3.8, 4) is 11.5 Å². The Kier molecular flexibility index (Phi) is 2.42. The van der Waals surface area contributed by atoms with Crippen LogP contribution in [0.5, 0.6) is 11.5 Å². The molecule has 4 atom stereocenters. The average molecular weight is 328 g/mol. The van der Waals surface area contributed by atoms with Gasteiger partial charge in [-0.15, -0.1) is 0 Å². The molecule has 2 aliphatic heterocycles. The van der Waals surface area contributed by atoms with Crippen LogP contribution in [0.3, 0.4) is 0 Å². The fourth-order valence-corrected chi connectivity index (χ4v) is 5.31. The number of carbonyl (C=O) groups excluding carboxylic acids is 1. The summed E-state index contributed by atoms with van der Waals surface area (Å²) >= 11 is 0. The van der Waals surface area contributed by atoms with Gasteiger partial charge in [-0.2, -0.15) is 0 Å². The van der Waals surface area contributed by atoms with Gasteiger partial charge in [0, 0.05) is 23.1 Å². The van der Waals surface area contributed by atoms with Crippen molar-refractivity contribution in [1.29, 1.82) is 0 Å². The van der Waals surface area contributed by atoms with Crippen LogP contribution < -0.4 is 4.74 Å². The molecule has 1 aromatic rings. The van der Waals surface area contributed by atoms with Crippen molar-refractivity contribution in [2.45, 2.75) is 30.4 Å². The minimum Gasteiger partial charge on any atom is -0.504 e. The number of ether oxygens (including phenoxy) is 1. The highest BCUT2D eigenvalue weighted by molar-refractivity contribution is 5.98. The first-order valence-electron chi connectivity index (χ1n) is 8.08. The molecule has 0 unspecified atom stereocenters. The topological polar surface area (TPSA) is 92.9 Å². The molecule has 124 valence electrons. The number of piperidine rings is 1. The third-order valence-electron chi connectivity index (χ3n) is 6.30. The maximum absolute atomic E-state index is 12.5. The standard InChI is InChI=1S/C17H16N2O5/c1-18-5-4-17-9-2-3-12(20)16(17)24-15-13(21)7-10(19(22)23)8(14(15)17)6-11(9)18/h2-3,7,9,11,16,21H,4-6H2,1H3/t9-,11+,16-,17-/m0/s1. The van der Waals surface area contributed by atoms with Crippen LogP contribution in [0.4, 0.5) is 5.69 Å². The third kappa shape index (κ3) is 1.36. The molecule has 4 aliphatic rings. The summed E-state index contributed by atoms with van der Waals surface area (Å²) in [6, 6.07) is 1.26. The fraction of sp³-hybridized carbons (Fsp3) is 0.471. The first-order chi connectivity index (χ1) is 11.4. The summed E-state index contributed by atoms with van der Waals surface area (Å²) < 4.78 is 5.90. The predicted octanol–water partition coefficient (Wildman–Crippen LogP) is 1.31. The molecule has 24 heavy (non-hydrogen) atoms. The molecule has 5 rings (SSSR count). The Labute approximate surface area is 137 Å². The number of aromatic hydroxyl groups is 1. The Morgan fingerprint density at radius 1 is 1.50 bits per heavy atom. The fourth-order valence-electron chi connectivity index (χ4n) is 5.31. The van der Waals surface area contributed by atoms with Crippen molar-refractivity contribution in [2.24, 2.45) is 5.92 Å². The van der Waals surface area contributed by atoms with Gasteiger partial charge in [0.2, 0.25) is 0 Å². The number of rotatable bonds is 1. The lowest BCUT2D eigenvalue weighted by molar-refractivity contribution is -0.385. The second-order valence-electron chi connectivity index (χ2n) is 7.18. The van der Waals surface area contributed by atoms with Crippen LogP contribution >= 0.6 is 0 Å². The normalized spacial score (nSPS) is 35.5. The van der Waals surface area contributed by atoms with E-state index >= 15 is 0 Å². The van der Waals surface area contributed by atoms with Crippen LogP contribution in [0.15, 0.2) is 18.2 Å². The van der Waals surface area contributed by atoms with Crippen molar-refractivity contribution in [2.75, 3.05) is 13.6 Å². The SMILES string of the molecule is CN1CC[C@]23c4c5c([N+](=O)[O-])cc(O)c4O[C@H]2C(=O)C=C[C@H]3[C@H]1C5. The number of carbonyl (C=O) groups is 1. The first kappa shape index (κ1) is 14.0. The molecule has 1 spiro atoms. The van der Waals surface area contributed by atoms with Crippen molar-refractivity contribution >= 4 is 11.5 Å². The van der Waals surface area contributed by atoms with Crippen LogP contribution in [0, 0.1) is 16.0 Å². The van der Waals surface area contributed by atoms with Gasteiger partial charge in [-0.05, 0) is 32.5 Å². The maximum Gasteiger partial charge on any atom is 0.276 e. The molecule has 2 bridgehead atoms. The molecule has 1 fully saturated rings. The summed E-state index contributed by atoms with van der Waals surface area (Å²) in [4.78, 5) is 25.8. The highest BCUT2D eigenvalue weighted by atomic mass is 16.6. The van der Waals surface area contributed by atoms with Crippen LogP contribution in [-0.2, 0) is 16.6 Å². The van der Waals surface area contributed by atoms with Crippen molar-refractivity contribution < 1.29 is 19.6 Å². The molecule has 7 nitrogen and oxygen atoms in total.